The summed E-state index contributed by atoms with van der Waals surface area (Å²) in [5.41, 5.74) is 0.837. The van der Waals surface area contributed by atoms with Crippen LogP contribution in [0.4, 0.5) is 4.79 Å². The molecule has 1 rings (SSSR count). The second-order valence-corrected chi connectivity index (χ2v) is 6.98. The van der Waals surface area contributed by atoms with Crippen molar-refractivity contribution in [3.63, 3.8) is 0 Å². The summed E-state index contributed by atoms with van der Waals surface area (Å²) in [7, 11) is 0. The maximum Gasteiger partial charge on any atom is 0.315 e. The molecule has 0 spiro atoms. The van der Waals surface area contributed by atoms with Crippen LogP contribution in [0.5, 0.6) is 0 Å². The zero-order valence-corrected chi connectivity index (χ0v) is 13.7. The van der Waals surface area contributed by atoms with Crippen LogP contribution in [0.2, 0.25) is 0 Å². The van der Waals surface area contributed by atoms with Gasteiger partial charge in [0, 0.05) is 17.6 Å². The summed E-state index contributed by atoms with van der Waals surface area (Å²) in [6.07, 6.45) is 0.279. The van der Waals surface area contributed by atoms with Gasteiger partial charge in [-0.2, -0.15) is 0 Å². The molecule has 2 unspecified atom stereocenters. The number of hydrogen-bond acceptors (Lipinski definition) is 4. The first kappa shape index (κ1) is 16.9. The Hall–Kier alpha value is -1.14. The summed E-state index contributed by atoms with van der Waals surface area (Å²) in [6.45, 7) is 10.2. The number of carbonyl (C=O) groups excluding carboxylic acids is 1. The van der Waals surface area contributed by atoms with Crippen molar-refractivity contribution in [2.75, 3.05) is 6.54 Å². The van der Waals surface area contributed by atoms with Crippen LogP contribution in [-0.4, -0.2) is 28.8 Å². The number of urea groups is 1. The zero-order chi connectivity index (χ0) is 15.3. The number of aliphatic hydroxyl groups excluding tert-OH is 1. The van der Waals surface area contributed by atoms with Gasteiger partial charge in [0.15, 0.2) is 0 Å². The van der Waals surface area contributed by atoms with Crippen molar-refractivity contribution < 1.29 is 9.90 Å². The fraction of sp³-hybridized carbons (Fsp3) is 0.714. The third kappa shape index (κ3) is 5.88. The second kappa shape index (κ2) is 7.04. The molecule has 20 heavy (non-hydrogen) atoms. The molecule has 0 aliphatic carbocycles. The summed E-state index contributed by atoms with van der Waals surface area (Å²) in [5, 5.41) is 18.0. The Bertz CT molecular complexity index is 443. The molecule has 3 N–H and O–H groups in total. The zero-order valence-electron chi connectivity index (χ0n) is 12.9. The van der Waals surface area contributed by atoms with Gasteiger partial charge in [-0.05, 0) is 32.6 Å². The molecular weight excluding hydrogens is 274 g/mol. The minimum absolute atomic E-state index is 0.103. The Balaban J connectivity index is 2.40. The van der Waals surface area contributed by atoms with Gasteiger partial charge in [0.1, 0.15) is 5.01 Å². The monoisotopic (exact) mass is 299 g/mol. The molecule has 0 aliphatic rings. The predicted molar refractivity (Wildman–Crippen MR) is 81.9 cm³/mol. The van der Waals surface area contributed by atoms with E-state index in [0.717, 1.165) is 10.7 Å². The third-order valence-electron chi connectivity index (χ3n) is 2.93. The minimum atomic E-state index is -0.368. The summed E-state index contributed by atoms with van der Waals surface area (Å²) < 4.78 is 0. The van der Waals surface area contributed by atoms with Crippen LogP contribution in [-0.2, 0) is 0 Å². The first-order valence-electron chi connectivity index (χ1n) is 6.84. The van der Waals surface area contributed by atoms with E-state index in [1.807, 2.05) is 33.1 Å². The lowest BCUT2D eigenvalue weighted by atomic mass is 9.87. The van der Waals surface area contributed by atoms with Gasteiger partial charge in [0.2, 0.25) is 0 Å². The fourth-order valence-electron chi connectivity index (χ4n) is 2.07. The number of hydrogen-bond donors (Lipinski definition) is 3. The number of carbonyl (C=O) groups is 1. The number of amides is 2. The molecule has 6 heteroatoms. The SMILES string of the molecule is Cc1csc(C(C)NC(=O)NCC(C)(C)CC(C)O)n1. The van der Waals surface area contributed by atoms with Gasteiger partial charge in [-0.1, -0.05) is 13.8 Å². The molecule has 1 aromatic rings. The largest absolute Gasteiger partial charge is 0.393 e. The molecule has 5 nitrogen and oxygen atoms in total. The number of aromatic nitrogens is 1. The van der Waals surface area contributed by atoms with Crippen molar-refractivity contribution in [2.24, 2.45) is 5.41 Å². The molecule has 0 aliphatic heterocycles. The smallest absolute Gasteiger partial charge is 0.315 e. The quantitative estimate of drug-likeness (QED) is 0.756. The van der Waals surface area contributed by atoms with Crippen molar-refractivity contribution in [1.82, 2.24) is 15.6 Å². The van der Waals surface area contributed by atoms with Crippen LogP contribution < -0.4 is 10.6 Å². The van der Waals surface area contributed by atoms with Gasteiger partial charge >= 0.3 is 6.03 Å². The van der Waals surface area contributed by atoms with E-state index in [2.05, 4.69) is 15.6 Å². The van der Waals surface area contributed by atoms with Crippen molar-refractivity contribution in [3.8, 4) is 0 Å². The van der Waals surface area contributed by atoms with Crippen LogP contribution in [0.25, 0.3) is 0 Å². The van der Waals surface area contributed by atoms with E-state index < -0.39 is 0 Å². The number of aliphatic hydroxyl groups is 1. The normalized spacial score (nSPS) is 14.7. The topological polar surface area (TPSA) is 74.2 Å². The number of nitrogens with one attached hydrogen (secondary N) is 2. The van der Waals surface area contributed by atoms with Gasteiger partial charge in [-0.15, -0.1) is 11.3 Å². The lowest BCUT2D eigenvalue weighted by Crippen LogP contribution is -2.42. The number of thiazole rings is 1. The van der Waals surface area contributed by atoms with Gasteiger partial charge in [0.05, 0.1) is 12.1 Å². The second-order valence-electron chi connectivity index (χ2n) is 6.09. The van der Waals surface area contributed by atoms with E-state index in [4.69, 9.17) is 0 Å². The van der Waals surface area contributed by atoms with Crippen LogP contribution in [0, 0.1) is 12.3 Å². The molecular formula is C14H25N3O2S. The molecule has 0 saturated heterocycles. The molecule has 114 valence electrons. The van der Waals surface area contributed by atoms with E-state index in [1.165, 1.54) is 0 Å². The molecule has 0 radical (unpaired) electrons. The molecule has 2 atom stereocenters. The van der Waals surface area contributed by atoms with E-state index in [9.17, 15) is 9.90 Å². The lowest BCUT2D eigenvalue weighted by molar-refractivity contribution is 0.128. The summed E-state index contributed by atoms with van der Waals surface area (Å²) in [6, 6.07) is -0.308. The highest BCUT2D eigenvalue weighted by Crippen LogP contribution is 2.21. The van der Waals surface area contributed by atoms with E-state index >= 15 is 0 Å². The number of aryl methyl sites for hydroxylation is 1. The van der Waals surface area contributed by atoms with Crippen LogP contribution in [0.1, 0.15) is 50.9 Å². The standard InChI is InChI=1S/C14H25N3O2S/c1-9-7-20-12(16-9)11(3)17-13(19)15-8-14(4,5)6-10(2)18/h7,10-11,18H,6,8H2,1-5H3,(H2,15,17,19). The van der Waals surface area contributed by atoms with E-state index in [1.54, 1.807) is 18.3 Å². The van der Waals surface area contributed by atoms with Crippen molar-refractivity contribution in [1.29, 1.82) is 0 Å². The first-order valence-corrected chi connectivity index (χ1v) is 7.72. The molecule has 2 amide bonds. The van der Waals surface area contributed by atoms with E-state index in [-0.39, 0.29) is 23.6 Å². The Labute approximate surface area is 124 Å². The Morgan fingerprint density at radius 3 is 2.65 bits per heavy atom. The molecule has 1 heterocycles. The highest BCUT2D eigenvalue weighted by atomic mass is 32.1. The first-order chi connectivity index (χ1) is 9.19. The maximum atomic E-state index is 11.9. The average Bonchev–Trinajstić information content (AvgIpc) is 2.72. The molecule has 0 aromatic carbocycles. The number of rotatable bonds is 6. The molecule has 0 fully saturated rings. The Kier molecular flexibility index (Phi) is 5.95. The Morgan fingerprint density at radius 2 is 2.15 bits per heavy atom. The Morgan fingerprint density at radius 1 is 1.50 bits per heavy atom. The number of nitrogens with zero attached hydrogens (tertiary/aromatic N) is 1. The van der Waals surface area contributed by atoms with Crippen molar-refractivity contribution in [2.45, 2.75) is 53.2 Å². The average molecular weight is 299 g/mol. The summed E-state index contributed by atoms with van der Waals surface area (Å²) in [5.74, 6) is 0. The van der Waals surface area contributed by atoms with Gasteiger partial charge in [-0.3, -0.25) is 0 Å². The van der Waals surface area contributed by atoms with Crippen molar-refractivity contribution in [3.05, 3.63) is 16.1 Å². The predicted octanol–water partition coefficient (Wildman–Crippen LogP) is 2.61. The van der Waals surface area contributed by atoms with Crippen molar-refractivity contribution >= 4 is 17.4 Å². The molecule has 1 aromatic heterocycles. The summed E-state index contributed by atoms with van der Waals surface area (Å²) in [4.78, 5) is 16.2. The van der Waals surface area contributed by atoms with Crippen LogP contribution in [0.3, 0.4) is 0 Å². The minimum Gasteiger partial charge on any atom is -0.393 e. The van der Waals surface area contributed by atoms with Crippen LogP contribution >= 0.6 is 11.3 Å². The van der Waals surface area contributed by atoms with Crippen LogP contribution in [0.15, 0.2) is 5.38 Å². The van der Waals surface area contributed by atoms with Gasteiger partial charge in [-0.25, -0.2) is 9.78 Å². The highest BCUT2D eigenvalue weighted by molar-refractivity contribution is 7.09. The third-order valence-corrected chi connectivity index (χ3v) is 4.08. The highest BCUT2D eigenvalue weighted by Gasteiger charge is 2.21. The lowest BCUT2D eigenvalue weighted by Gasteiger charge is -2.26. The molecule has 0 bridgehead atoms. The molecule has 0 saturated carbocycles. The summed E-state index contributed by atoms with van der Waals surface area (Å²) >= 11 is 1.55. The maximum absolute atomic E-state index is 11.9. The fourth-order valence-corrected chi connectivity index (χ4v) is 2.88. The van der Waals surface area contributed by atoms with Gasteiger partial charge in [0.25, 0.3) is 0 Å². The van der Waals surface area contributed by atoms with E-state index in [0.29, 0.717) is 13.0 Å². The van der Waals surface area contributed by atoms with Gasteiger partial charge < -0.3 is 15.7 Å².